The lowest BCUT2D eigenvalue weighted by molar-refractivity contribution is -0.0822. The zero-order valence-electron chi connectivity index (χ0n) is 14.2. The van der Waals surface area contributed by atoms with Gasteiger partial charge >= 0.3 is 0 Å². The number of hydrogen-bond acceptors (Lipinski definition) is 1. The highest BCUT2D eigenvalue weighted by Gasteiger charge is 2.51. The smallest absolute Gasteiger partial charge is 0.225 e. The van der Waals surface area contributed by atoms with Gasteiger partial charge in [-0.05, 0) is 68.9 Å². The highest BCUT2D eigenvalue weighted by molar-refractivity contribution is 6.84. The van der Waals surface area contributed by atoms with Gasteiger partial charge in [0, 0.05) is 5.19 Å². The van der Waals surface area contributed by atoms with E-state index in [1.807, 2.05) is 0 Å². The van der Waals surface area contributed by atoms with Crippen LogP contribution < -0.4 is 5.19 Å². The quantitative estimate of drug-likeness (QED) is 0.323. The molecule has 4 saturated carbocycles. The minimum absolute atomic E-state index is 0.121. The van der Waals surface area contributed by atoms with Gasteiger partial charge in [0.2, 0.25) is 14.1 Å². The third-order valence-electron chi connectivity index (χ3n) is 6.38. The van der Waals surface area contributed by atoms with E-state index in [1.54, 1.807) is 0 Å². The van der Waals surface area contributed by atoms with Gasteiger partial charge < -0.3 is 4.43 Å². The van der Waals surface area contributed by atoms with Crippen molar-refractivity contribution in [3.05, 3.63) is 29.1 Å². The molecule has 7 heteroatoms. The first-order valence-electron chi connectivity index (χ1n) is 8.88. The molecule has 0 spiro atoms. The maximum absolute atomic E-state index is 14.2. The summed E-state index contributed by atoms with van der Waals surface area (Å²) in [6.45, 7) is 3.05. The molecule has 0 aliphatic heterocycles. The Morgan fingerprint density at radius 2 is 1.08 bits per heavy atom. The first kappa shape index (κ1) is 17.5. The van der Waals surface area contributed by atoms with Gasteiger partial charge in [-0.25, -0.2) is 22.0 Å². The Labute approximate surface area is 144 Å². The van der Waals surface area contributed by atoms with Crippen molar-refractivity contribution >= 4 is 13.5 Å². The Balaban J connectivity index is 1.67. The summed E-state index contributed by atoms with van der Waals surface area (Å²) in [4.78, 5) is 0. The molecule has 5 rings (SSSR count). The second kappa shape index (κ2) is 5.77. The molecule has 4 aliphatic carbocycles. The van der Waals surface area contributed by atoms with Crippen molar-refractivity contribution in [2.45, 2.75) is 51.3 Å². The zero-order valence-corrected chi connectivity index (χ0v) is 15.2. The van der Waals surface area contributed by atoms with Gasteiger partial charge in [0.1, 0.15) is 0 Å². The fourth-order valence-corrected chi connectivity index (χ4v) is 8.06. The summed E-state index contributed by atoms with van der Waals surface area (Å²) < 4.78 is 75.2. The fourth-order valence-electron chi connectivity index (χ4n) is 5.60. The Hall–Kier alpha value is -0.953. The topological polar surface area (TPSA) is 9.23 Å². The van der Waals surface area contributed by atoms with Crippen LogP contribution in [0.15, 0.2) is 0 Å². The monoisotopic (exact) mass is 376 g/mol. The summed E-state index contributed by atoms with van der Waals surface area (Å²) in [5.74, 6) is -7.24. The van der Waals surface area contributed by atoms with E-state index >= 15 is 0 Å². The van der Waals surface area contributed by atoms with Crippen molar-refractivity contribution in [1.29, 1.82) is 0 Å². The molecular weight excluding hydrogens is 355 g/mol. The third-order valence-corrected chi connectivity index (χ3v) is 8.89. The molecule has 1 aromatic rings. The average Bonchev–Trinajstić information content (AvgIpc) is 2.54. The van der Waals surface area contributed by atoms with Gasteiger partial charge in [-0.15, -0.1) is 0 Å². The third kappa shape index (κ3) is 2.65. The van der Waals surface area contributed by atoms with Gasteiger partial charge in [-0.3, -0.25) is 0 Å². The van der Waals surface area contributed by atoms with Gasteiger partial charge in [0.15, 0.2) is 23.3 Å². The van der Waals surface area contributed by atoms with Gasteiger partial charge in [-0.1, -0.05) is 0 Å². The lowest BCUT2D eigenvalue weighted by atomic mass is 9.55. The van der Waals surface area contributed by atoms with E-state index in [9.17, 15) is 22.0 Å². The van der Waals surface area contributed by atoms with E-state index in [0.717, 1.165) is 25.7 Å². The molecule has 0 atom stereocenters. The lowest BCUT2D eigenvalue weighted by Gasteiger charge is -2.55. The van der Waals surface area contributed by atoms with E-state index in [2.05, 4.69) is 0 Å². The number of benzene rings is 1. The first-order chi connectivity index (χ1) is 11.7. The summed E-state index contributed by atoms with van der Waals surface area (Å²) >= 11 is 0. The SMILES string of the molecule is C[Si](C)(OC1C2CC3CC(C2)CC1C3)c1c(F)c(F)c(F)c(F)c1F. The van der Waals surface area contributed by atoms with Crippen LogP contribution in [0, 0.1) is 52.8 Å². The van der Waals surface area contributed by atoms with Crippen molar-refractivity contribution in [2.24, 2.45) is 23.7 Å². The molecule has 4 bridgehead atoms. The summed E-state index contributed by atoms with van der Waals surface area (Å²) in [6.07, 6.45) is 5.36. The number of rotatable bonds is 3. The van der Waals surface area contributed by atoms with Crippen molar-refractivity contribution in [2.75, 3.05) is 0 Å². The van der Waals surface area contributed by atoms with Crippen LogP contribution in [-0.2, 0) is 4.43 Å². The van der Waals surface area contributed by atoms with Crippen LogP contribution in [-0.4, -0.2) is 14.4 Å². The number of halogens is 5. The normalized spacial score (nSPS) is 34.0. The van der Waals surface area contributed by atoms with Crippen molar-refractivity contribution in [1.82, 2.24) is 0 Å². The van der Waals surface area contributed by atoms with Crippen LogP contribution in [0.1, 0.15) is 32.1 Å². The maximum Gasteiger partial charge on any atom is 0.225 e. The van der Waals surface area contributed by atoms with Crippen molar-refractivity contribution in [3.63, 3.8) is 0 Å². The largest absolute Gasteiger partial charge is 0.409 e. The highest BCUT2D eigenvalue weighted by Crippen LogP contribution is 2.55. The Morgan fingerprint density at radius 3 is 1.52 bits per heavy atom. The second-order valence-electron chi connectivity index (χ2n) is 8.47. The van der Waals surface area contributed by atoms with Gasteiger partial charge in [0.05, 0.1) is 6.10 Å². The van der Waals surface area contributed by atoms with Gasteiger partial charge in [0.25, 0.3) is 0 Å². The maximum atomic E-state index is 14.2. The standard InChI is InChI=1S/C18H21F5OSi/c1-25(2,18-15(22)13(20)12(19)14(21)16(18)23)24-17-10-4-8-3-9(6-10)7-11(17)5-8/h8-11,17H,3-7H2,1-2H3. The molecule has 138 valence electrons. The molecule has 1 nitrogen and oxygen atoms in total. The van der Waals surface area contributed by atoms with Crippen LogP contribution in [0.2, 0.25) is 13.1 Å². The molecule has 0 saturated heterocycles. The minimum Gasteiger partial charge on any atom is -0.409 e. The molecular formula is C18H21F5OSi. The summed E-state index contributed by atoms with van der Waals surface area (Å²) in [6, 6.07) is 0. The Kier molecular flexibility index (Phi) is 4.03. The molecule has 0 amide bonds. The first-order valence-corrected chi connectivity index (χ1v) is 11.8. The lowest BCUT2D eigenvalue weighted by Crippen LogP contribution is -2.58. The molecule has 0 heterocycles. The second-order valence-corrected chi connectivity index (χ2v) is 12.2. The van der Waals surface area contributed by atoms with Crippen LogP contribution >= 0.6 is 0 Å². The molecule has 0 radical (unpaired) electrons. The summed E-state index contributed by atoms with van der Waals surface area (Å²) in [5, 5.41) is -0.738. The predicted octanol–water partition coefficient (Wildman–Crippen LogP) is 4.64. The molecule has 4 aliphatic rings. The molecule has 0 N–H and O–H groups in total. The van der Waals surface area contributed by atoms with Crippen molar-refractivity contribution in [3.8, 4) is 0 Å². The van der Waals surface area contributed by atoms with E-state index in [1.165, 1.54) is 19.5 Å². The number of hydrogen-bond donors (Lipinski definition) is 0. The van der Waals surface area contributed by atoms with E-state index in [-0.39, 0.29) is 6.10 Å². The average molecular weight is 376 g/mol. The zero-order chi connectivity index (χ0) is 18.1. The summed E-state index contributed by atoms with van der Waals surface area (Å²) in [5.41, 5.74) is 0. The highest BCUT2D eigenvalue weighted by atomic mass is 28.4. The van der Waals surface area contributed by atoms with Crippen LogP contribution in [0.5, 0.6) is 0 Å². The van der Waals surface area contributed by atoms with Crippen LogP contribution in [0.4, 0.5) is 22.0 Å². The molecule has 1 aromatic carbocycles. The minimum atomic E-state index is -3.31. The van der Waals surface area contributed by atoms with Crippen molar-refractivity contribution < 1.29 is 26.4 Å². The predicted molar refractivity (Wildman–Crippen MR) is 85.3 cm³/mol. The van der Waals surface area contributed by atoms with E-state index in [4.69, 9.17) is 4.43 Å². The molecule has 4 fully saturated rings. The van der Waals surface area contributed by atoms with Crippen LogP contribution in [0.3, 0.4) is 0 Å². The Bertz CT molecular complexity index is 663. The van der Waals surface area contributed by atoms with E-state index in [0.29, 0.717) is 23.7 Å². The Morgan fingerprint density at radius 1 is 0.680 bits per heavy atom. The van der Waals surface area contributed by atoms with Crippen LogP contribution in [0.25, 0.3) is 0 Å². The molecule has 0 aromatic heterocycles. The fraction of sp³-hybridized carbons (Fsp3) is 0.667. The molecule has 0 unspecified atom stereocenters. The molecule has 25 heavy (non-hydrogen) atoms. The van der Waals surface area contributed by atoms with Gasteiger partial charge in [-0.2, -0.15) is 0 Å². The summed E-state index contributed by atoms with van der Waals surface area (Å²) in [7, 11) is -3.31. The van der Waals surface area contributed by atoms with E-state index < -0.39 is 42.6 Å².